The Morgan fingerprint density at radius 1 is 1.12 bits per heavy atom. The number of nitrogens with zero attached hydrogens (tertiary/aromatic N) is 2. The number of carbonyl (C=O) groups excluding carboxylic acids is 1. The number of methoxy groups -OCH3 is 1. The van der Waals surface area contributed by atoms with E-state index in [9.17, 15) is 4.79 Å². The molecule has 0 saturated carbocycles. The highest BCUT2D eigenvalue weighted by Gasteiger charge is 2.18. The minimum absolute atomic E-state index is 0.0214. The quantitative estimate of drug-likeness (QED) is 0.677. The van der Waals surface area contributed by atoms with Crippen molar-refractivity contribution in [2.75, 3.05) is 14.2 Å². The maximum absolute atomic E-state index is 12.6. The summed E-state index contributed by atoms with van der Waals surface area (Å²) in [7, 11) is 3.41. The number of hydrogen-bond donors (Lipinski definition) is 0. The number of aromatic nitrogens is 1. The molecule has 134 valence electrons. The van der Waals surface area contributed by atoms with Crippen LogP contribution in [0.3, 0.4) is 0 Å². The van der Waals surface area contributed by atoms with Crippen LogP contribution in [0, 0.1) is 6.92 Å². The molecule has 0 aliphatic heterocycles. The molecule has 0 unspecified atom stereocenters. The summed E-state index contributed by atoms with van der Waals surface area (Å²) in [6.45, 7) is 2.31. The lowest BCUT2D eigenvalue weighted by molar-refractivity contribution is -0.129. The summed E-state index contributed by atoms with van der Waals surface area (Å²) in [6.07, 6.45) is 0.202. The first-order chi connectivity index (χ1) is 12.6. The largest absolute Gasteiger partial charge is 0.496 e. The molecular formula is C21H22N2O3. The van der Waals surface area contributed by atoms with E-state index in [0.29, 0.717) is 23.9 Å². The van der Waals surface area contributed by atoms with Crippen molar-refractivity contribution < 1.29 is 13.9 Å². The Labute approximate surface area is 153 Å². The molecule has 0 radical (unpaired) electrons. The minimum Gasteiger partial charge on any atom is -0.496 e. The van der Waals surface area contributed by atoms with Crippen molar-refractivity contribution in [3.8, 4) is 17.2 Å². The van der Waals surface area contributed by atoms with Crippen LogP contribution in [0.4, 0.5) is 0 Å². The molecule has 0 N–H and O–H groups in total. The summed E-state index contributed by atoms with van der Waals surface area (Å²) in [5, 5.41) is 0. The molecule has 1 amide bonds. The smallest absolute Gasteiger partial charge is 0.228 e. The monoisotopic (exact) mass is 350 g/mol. The van der Waals surface area contributed by atoms with Gasteiger partial charge in [0.25, 0.3) is 0 Å². The first-order valence-electron chi connectivity index (χ1n) is 8.46. The van der Waals surface area contributed by atoms with Gasteiger partial charge in [-0.05, 0) is 25.1 Å². The van der Waals surface area contributed by atoms with Gasteiger partial charge in [-0.2, -0.15) is 0 Å². The number of para-hydroxylation sites is 1. The summed E-state index contributed by atoms with van der Waals surface area (Å²) >= 11 is 0. The third-order valence-corrected chi connectivity index (χ3v) is 4.26. The summed E-state index contributed by atoms with van der Waals surface area (Å²) in [6, 6.07) is 17.4. The van der Waals surface area contributed by atoms with E-state index < -0.39 is 0 Å². The number of hydrogen-bond acceptors (Lipinski definition) is 4. The lowest BCUT2D eigenvalue weighted by Crippen LogP contribution is -2.28. The zero-order valence-corrected chi connectivity index (χ0v) is 15.2. The second-order valence-electron chi connectivity index (χ2n) is 6.13. The second-order valence-corrected chi connectivity index (χ2v) is 6.13. The van der Waals surface area contributed by atoms with Crippen LogP contribution >= 0.6 is 0 Å². The molecule has 0 bridgehead atoms. The molecule has 1 aromatic heterocycles. The van der Waals surface area contributed by atoms with Gasteiger partial charge in [0.1, 0.15) is 11.5 Å². The first-order valence-corrected chi connectivity index (χ1v) is 8.46. The van der Waals surface area contributed by atoms with Gasteiger partial charge in [0.05, 0.1) is 19.2 Å². The predicted molar refractivity (Wildman–Crippen MR) is 99.8 cm³/mol. The Balaban J connectivity index is 1.71. The fourth-order valence-electron chi connectivity index (χ4n) is 2.75. The van der Waals surface area contributed by atoms with Gasteiger partial charge in [-0.3, -0.25) is 4.79 Å². The van der Waals surface area contributed by atoms with Crippen molar-refractivity contribution in [1.82, 2.24) is 9.88 Å². The summed E-state index contributed by atoms with van der Waals surface area (Å²) < 4.78 is 11.1. The Morgan fingerprint density at radius 2 is 1.81 bits per heavy atom. The molecule has 5 nitrogen and oxygen atoms in total. The van der Waals surface area contributed by atoms with Crippen LogP contribution in [-0.2, 0) is 17.8 Å². The van der Waals surface area contributed by atoms with Crippen LogP contribution < -0.4 is 4.74 Å². The van der Waals surface area contributed by atoms with Crippen LogP contribution in [0.25, 0.3) is 11.5 Å². The SMILES string of the molecule is COc1ccccc1CN(C)C(=O)Cc1nc(-c2ccccc2)oc1C. The summed E-state index contributed by atoms with van der Waals surface area (Å²) in [5.41, 5.74) is 2.53. The highest BCUT2D eigenvalue weighted by Crippen LogP contribution is 2.23. The zero-order valence-electron chi connectivity index (χ0n) is 15.2. The van der Waals surface area contributed by atoms with E-state index in [4.69, 9.17) is 9.15 Å². The van der Waals surface area contributed by atoms with Crippen LogP contribution in [0.15, 0.2) is 59.0 Å². The van der Waals surface area contributed by atoms with Crippen LogP contribution in [-0.4, -0.2) is 29.9 Å². The molecular weight excluding hydrogens is 328 g/mol. The molecule has 1 heterocycles. The van der Waals surface area contributed by atoms with Crippen LogP contribution in [0.1, 0.15) is 17.0 Å². The molecule has 0 atom stereocenters. The Morgan fingerprint density at radius 3 is 2.54 bits per heavy atom. The highest BCUT2D eigenvalue weighted by atomic mass is 16.5. The molecule has 5 heteroatoms. The molecule has 3 aromatic rings. The van der Waals surface area contributed by atoms with E-state index in [1.165, 1.54) is 0 Å². The van der Waals surface area contributed by atoms with E-state index in [2.05, 4.69) is 4.98 Å². The number of likely N-dealkylation sites (N-methyl/N-ethyl adjacent to an activating group) is 1. The normalized spacial score (nSPS) is 10.6. The van der Waals surface area contributed by atoms with Gasteiger partial charge >= 0.3 is 0 Å². The maximum atomic E-state index is 12.6. The lowest BCUT2D eigenvalue weighted by atomic mass is 10.1. The fraction of sp³-hybridized carbons (Fsp3) is 0.238. The third kappa shape index (κ3) is 3.94. The molecule has 0 spiro atoms. The molecule has 0 saturated heterocycles. The zero-order chi connectivity index (χ0) is 18.5. The average molecular weight is 350 g/mol. The maximum Gasteiger partial charge on any atom is 0.228 e. The lowest BCUT2D eigenvalue weighted by Gasteiger charge is -2.18. The van der Waals surface area contributed by atoms with E-state index in [1.54, 1.807) is 19.1 Å². The fourth-order valence-corrected chi connectivity index (χ4v) is 2.75. The van der Waals surface area contributed by atoms with Crippen LogP contribution in [0.5, 0.6) is 5.75 Å². The standard InChI is InChI=1S/C21H22N2O3/c1-15-18(22-21(26-15)16-9-5-4-6-10-16)13-20(24)23(2)14-17-11-7-8-12-19(17)25-3/h4-12H,13-14H2,1-3H3. The number of rotatable bonds is 6. The average Bonchev–Trinajstić information content (AvgIpc) is 3.03. The number of benzene rings is 2. The summed E-state index contributed by atoms with van der Waals surface area (Å²) in [5.74, 6) is 1.96. The van der Waals surface area contributed by atoms with Gasteiger partial charge in [-0.1, -0.05) is 36.4 Å². The van der Waals surface area contributed by atoms with Crippen molar-refractivity contribution in [1.29, 1.82) is 0 Å². The molecule has 0 fully saturated rings. The van der Waals surface area contributed by atoms with Gasteiger partial charge in [0, 0.05) is 24.7 Å². The van der Waals surface area contributed by atoms with Crippen molar-refractivity contribution in [2.45, 2.75) is 19.9 Å². The Kier molecular flexibility index (Phi) is 5.37. The van der Waals surface area contributed by atoms with Gasteiger partial charge in [0.2, 0.25) is 11.8 Å². The molecule has 26 heavy (non-hydrogen) atoms. The van der Waals surface area contributed by atoms with Crippen LogP contribution in [0.2, 0.25) is 0 Å². The van der Waals surface area contributed by atoms with Gasteiger partial charge in [-0.15, -0.1) is 0 Å². The molecule has 3 rings (SSSR count). The van der Waals surface area contributed by atoms with Gasteiger partial charge in [-0.25, -0.2) is 4.98 Å². The van der Waals surface area contributed by atoms with Gasteiger partial charge < -0.3 is 14.1 Å². The first kappa shape index (κ1) is 17.7. The molecule has 2 aromatic carbocycles. The Bertz CT molecular complexity index is 887. The van der Waals surface area contributed by atoms with Crippen molar-refractivity contribution >= 4 is 5.91 Å². The Hall–Kier alpha value is -3.08. The number of aryl methyl sites for hydroxylation is 1. The van der Waals surface area contributed by atoms with E-state index in [0.717, 1.165) is 16.9 Å². The predicted octanol–water partition coefficient (Wildman–Crippen LogP) is 3.86. The number of amides is 1. The van der Waals surface area contributed by atoms with E-state index in [-0.39, 0.29) is 12.3 Å². The molecule has 0 aliphatic rings. The number of ether oxygens (including phenoxy) is 1. The summed E-state index contributed by atoms with van der Waals surface area (Å²) in [4.78, 5) is 18.8. The topological polar surface area (TPSA) is 55.6 Å². The van der Waals surface area contributed by atoms with Crippen molar-refractivity contribution in [3.05, 3.63) is 71.6 Å². The second kappa shape index (κ2) is 7.87. The minimum atomic E-state index is -0.0214. The highest BCUT2D eigenvalue weighted by molar-refractivity contribution is 5.78. The third-order valence-electron chi connectivity index (χ3n) is 4.26. The van der Waals surface area contributed by atoms with Crippen molar-refractivity contribution in [2.24, 2.45) is 0 Å². The number of oxazole rings is 1. The van der Waals surface area contributed by atoms with Gasteiger partial charge in [0.15, 0.2) is 0 Å². The van der Waals surface area contributed by atoms with Crippen molar-refractivity contribution in [3.63, 3.8) is 0 Å². The van der Waals surface area contributed by atoms with E-state index >= 15 is 0 Å². The number of carbonyl (C=O) groups is 1. The molecule has 0 aliphatic carbocycles. The van der Waals surface area contributed by atoms with E-state index in [1.807, 2.05) is 61.5 Å².